The fourth-order valence-electron chi connectivity index (χ4n) is 4.11. The molecule has 3 rings (SSSR count). The van der Waals surface area contributed by atoms with Gasteiger partial charge in [-0.1, -0.05) is 18.5 Å². The minimum Gasteiger partial charge on any atom is -0.368 e. The molecule has 1 aromatic carbocycles. The van der Waals surface area contributed by atoms with E-state index >= 15 is 0 Å². The Morgan fingerprint density at radius 2 is 1.83 bits per heavy atom. The van der Waals surface area contributed by atoms with Gasteiger partial charge >= 0.3 is 0 Å². The quantitative estimate of drug-likeness (QED) is 0.324. The van der Waals surface area contributed by atoms with E-state index in [1.165, 1.54) is 19.4 Å². The normalized spacial score (nSPS) is 20.1. The summed E-state index contributed by atoms with van der Waals surface area (Å²) in [4.78, 5) is 23.6. The van der Waals surface area contributed by atoms with Gasteiger partial charge in [0.1, 0.15) is 0 Å². The number of nitrogens with zero attached hydrogens (tertiary/aromatic N) is 4. The number of guanidine groups is 1. The van der Waals surface area contributed by atoms with E-state index in [-0.39, 0.29) is 36.4 Å². The van der Waals surface area contributed by atoms with Crippen LogP contribution >= 0.6 is 35.6 Å². The molecule has 2 aliphatic rings. The summed E-state index contributed by atoms with van der Waals surface area (Å²) in [6, 6.07) is 8.42. The maximum Gasteiger partial charge on any atom is 0.242 e. The second-order valence-corrected chi connectivity index (χ2v) is 8.01. The number of halogens is 2. The maximum absolute atomic E-state index is 12.6. The van der Waals surface area contributed by atoms with Gasteiger partial charge in [-0.15, -0.1) is 24.0 Å². The van der Waals surface area contributed by atoms with Crippen molar-refractivity contribution in [3.63, 3.8) is 0 Å². The minimum atomic E-state index is 0. The van der Waals surface area contributed by atoms with Crippen LogP contribution in [0, 0.1) is 0 Å². The van der Waals surface area contributed by atoms with Crippen LogP contribution < -0.4 is 15.5 Å². The van der Waals surface area contributed by atoms with E-state index in [0.29, 0.717) is 12.0 Å². The fraction of sp³-hybridized carbons (Fsp3) is 0.619. The van der Waals surface area contributed by atoms with Gasteiger partial charge in [0.15, 0.2) is 5.96 Å². The van der Waals surface area contributed by atoms with Crippen LogP contribution in [0.25, 0.3) is 0 Å². The number of anilines is 1. The summed E-state index contributed by atoms with van der Waals surface area (Å²) in [6.07, 6.45) is 2.47. The number of carbonyl (C=O) groups excluding carboxylic acids is 1. The first-order valence-electron chi connectivity index (χ1n) is 10.6. The number of hydrogen-bond donors (Lipinski definition) is 2. The molecule has 0 spiro atoms. The van der Waals surface area contributed by atoms with Crippen molar-refractivity contribution in [1.82, 2.24) is 20.4 Å². The van der Waals surface area contributed by atoms with Gasteiger partial charge in [0.05, 0.1) is 6.54 Å². The number of carbonyl (C=O) groups is 1. The van der Waals surface area contributed by atoms with Gasteiger partial charge in [-0.05, 0) is 50.2 Å². The number of amides is 1. The van der Waals surface area contributed by atoms with Crippen molar-refractivity contribution in [3.8, 4) is 0 Å². The summed E-state index contributed by atoms with van der Waals surface area (Å²) < 4.78 is 0. The predicted octanol–water partition coefficient (Wildman–Crippen LogP) is 2.26. The van der Waals surface area contributed by atoms with Crippen LogP contribution in [-0.4, -0.2) is 87.1 Å². The molecule has 0 saturated carbocycles. The summed E-state index contributed by atoms with van der Waals surface area (Å²) in [6.45, 7) is 8.70. The van der Waals surface area contributed by atoms with Gasteiger partial charge in [0.25, 0.3) is 0 Å². The molecular weight excluding hydrogens is 515 g/mol. The highest BCUT2D eigenvalue weighted by Gasteiger charge is 2.24. The van der Waals surface area contributed by atoms with Crippen molar-refractivity contribution in [2.24, 2.45) is 4.99 Å². The molecule has 168 valence electrons. The van der Waals surface area contributed by atoms with Crippen LogP contribution in [0.3, 0.4) is 0 Å². The monoisotopic (exact) mass is 548 g/mol. The molecule has 1 atom stereocenters. The minimum absolute atomic E-state index is 0. The van der Waals surface area contributed by atoms with E-state index in [0.717, 1.165) is 50.0 Å². The van der Waals surface area contributed by atoms with Gasteiger partial charge in [-0.3, -0.25) is 14.7 Å². The molecule has 0 radical (unpaired) electrons. The van der Waals surface area contributed by atoms with E-state index in [9.17, 15) is 4.79 Å². The summed E-state index contributed by atoms with van der Waals surface area (Å²) in [7, 11) is 1.75. The largest absolute Gasteiger partial charge is 0.368 e. The molecule has 1 unspecified atom stereocenters. The first kappa shape index (κ1) is 25.0. The lowest BCUT2D eigenvalue weighted by atomic mass is 10.2. The van der Waals surface area contributed by atoms with Gasteiger partial charge in [0, 0.05) is 56.5 Å². The van der Waals surface area contributed by atoms with E-state index in [1.54, 1.807) is 7.05 Å². The van der Waals surface area contributed by atoms with Crippen LogP contribution in [0.4, 0.5) is 5.69 Å². The lowest BCUT2D eigenvalue weighted by Crippen LogP contribution is -2.52. The first-order valence-corrected chi connectivity index (χ1v) is 11.0. The summed E-state index contributed by atoms with van der Waals surface area (Å²) in [5.74, 6) is 0.806. The molecule has 2 aliphatic heterocycles. The smallest absolute Gasteiger partial charge is 0.242 e. The van der Waals surface area contributed by atoms with E-state index in [1.807, 2.05) is 29.2 Å². The van der Waals surface area contributed by atoms with Gasteiger partial charge in [0.2, 0.25) is 5.91 Å². The molecular formula is C21H34ClIN6O. The summed E-state index contributed by atoms with van der Waals surface area (Å²) in [5, 5.41) is 7.29. The summed E-state index contributed by atoms with van der Waals surface area (Å²) in [5.41, 5.74) is 1.15. The van der Waals surface area contributed by atoms with Crippen molar-refractivity contribution < 1.29 is 4.79 Å². The third-order valence-corrected chi connectivity index (χ3v) is 6.12. The number of aliphatic imine (C=N–C) groups is 1. The topological polar surface area (TPSA) is 63.2 Å². The van der Waals surface area contributed by atoms with Crippen LogP contribution in [0.2, 0.25) is 5.02 Å². The Bertz CT molecular complexity index is 693. The van der Waals surface area contributed by atoms with E-state index < -0.39 is 0 Å². The van der Waals surface area contributed by atoms with Crippen molar-refractivity contribution in [3.05, 3.63) is 29.3 Å². The highest BCUT2D eigenvalue weighted by atomic mass is 127. The number of nitrogens with one attached hydrogen (secondary N) is 2. The van der Waals surface area contributed by atoms with Crippen molar-refractivity contribution in [1.29, 1.82) is 0 Å². The Balaban J connectivity index is 0.00000320. The molecule has 1 amide bonds. The molecule has 2 heterocycles. The number of hydrogen-bond acceptors (Lipinski definition) is 4. The average Bonchev–Trinajstić information content (AvgIpc) is 3.22. The van der Waals surface area contributed by atoms with Crippen LogP contribution in [-0.2, 0) is 4.79 Å². The van der Waals surface area contributed by atoms with E-state index in [2.05, 4.69) is 32.3 Å². The van der Waals surface area contributed by atoms with Crippen molar-refractivity contribution in [2.45, 2.75) is 25.8 Å². The third kappa shape index (κ3) is 6.88. The average molecular weight is 549 g/mol. The molecule has 9 heteroatoms. The highest BCUT2D eigenvalue weighted by Crippen LogP contribution is 2.19. The van der Waals surface area contributed by atoms with E-state index in [4.69, 9.17) is 11.6 Å². The zero-order valence-electron chi connectivity index (χ0n) is 17.9. The zero-order valence-corrected chi connectivity index (χ0v) is 21.0. The number of piperazine rings is 1. The molecule has 2 N–H and O–H groups in total. The number of likely N-dealkylation sites (tertiary alicyclic amines) is 1. The highest BCUT2D eigenvalue weighted by molar-refractivity contribution is 14.0. The second-order valence-electron chi connectivity index (χ2n) is 7.58. The zero-order chi connectivity index (χ0) is 20.6. The Kier molecular flexibility index (Phi) is 10.5. The standard InChI is InChI=1S/C21H33ClN6O.HI/c1-3-26-10-4-5-19(26)15-24-21(23-2)25-16-20(29)28-13-11-27(12-14-28)18-8-6-17(22)7-9-18;/h6-9,19H,3-5,10-16H2,1-2H3,(H2,23,24,25);1H. The molecule has 0 aromatic heterocycles. The molecule has 30 heavy (non-hydrogen) atoms. The summed E-state index contributed by atoms with van der Waals surface area (Å²) >= 11 is 5.97. The molecule has 7 nitrogen and oxygen atoms in total. The Morgan fingerprint density at radius 1 is 1.13 bits per heavy atom. The van der Waals surface area contributed by atoms with Crippen molar-refractivity contribution in [2.75, 3.05) is 64.3 Å². The predicted molar refractivity (Wildman–Crippen MR) is 135 cm³/mol. The molecule has 2 saturated heterocycles. The van der Waals surface area contributed by atoms with Gasteiger partial charge in [-0.2, -0.15) is 0 Å². The molecule has 0 aliphatic carbocycles. The Hall–Kier alpha value is -1.26. The number of likely N-dealkylation sites (N-methyl/N-ethyl adjacent to an activating group) is 1. The Labute approximate surface area is 202 Å². The number of benzene rings is 1. The molecule has 1 aromatic rings. The van der Waals surface area contributed by atoms with Gasteiger partial charge in [-0.25, -0.2) is 0 Å². The molecule has 2 fully saturated rings. The van der Waals surface area contributed by atoms with Crippen LogP contribution in [0.15, 0.2) is 29.3 Å². The second kappa shape index (κ2) is 12.6. The van der Waals surface area contributed by atoms with Crippen LogP contribution in [0.1, 0.15) is 19.8 Å². The first-order chi connectivity index (χ1) is 14.1. The fourth-order valence-corrected chi connectivity index (χ4v) is 4.24. The lowest BCUT2D eigenvalue weighted by molar-refractivity contribution is -0.130. The maximum atomic E-state index is 12.6. The third-order valence-electron chi connectivity index (χ3n) is 5.87. The Morgan fingerprint density at radius 3 is 2.47 bits per heavy atom. The van der Waals surface area contributed by atoms with Gasteiger partial charge < -0.3 is 20.4 Å². The number of rotatable bonds is 6. The SMILES string of the molecule is CCN1CCCC1CNC(=NC)NCC(=O)N1CCN(c2ccc(Cl)cc2)CC1.I. The molecule has 0 bridgehead atoms. The lowest BCUT2D eigenvalue weighted by Gasteiger charge is -2.36. The van der Waals surface area contributed by atoms with Crippen LogP contribution in [0.5, 0.6) is 0 Å². The van der Waals surface area contributed by atoms with Crippen molar-refractivity contribution >= 4 is 53.1 Å².